The summed E-state index contributed by atoms with van der Waals surface area (Å²) in [6.07, 6.45) is 3.11. The molecule has 2 N–H and O–H groups in total. The van der Waals surface area contributed by atoms with Crippen LogP contribution in [-0.2, 0) is 9.53 Å². The first-order valence-electron chi connectivity index (χ1n) is 5.40. The van der Waals surface area contributed by atoms with Crippen LogP contribution in [0.25, 0.3) is 6.08 Å². The third kappa shape index (κ3) is 3.89. The van der Waals surface area contributed by atoms with Crippen LogP contribution in [0.3, 0.4) is 0 Å². The van der Waals surface area contributed by atoms with Crippen molar-refractivity contribution in [3.63, 3.8) is 0 Å². The molecule has 0 aliphatic rings. The molecule has 0 aliphatic carbocycles. The predicted octanol–water partition coefficient (Wildman–Crippen LogP) is 2.14. The molecule has 0 saturated heterocycles. The van der Waals surface area contributed by atoms with Crippen molar-refractivity contribution in [2.24, 2.45) is 0 Å². The van der Waals surface area contributed by atoms with Crippen LogP contribution in [0.4, 0.5) is 11.4 Å². The van der Waals surface area contributed by atoms with Gasteiger partial charge in [-0.15, -0.1) is 0 Å². The molecule has 0 aromatic heterocycles. The second-order valence-electron chi connectivity index (χ2n) is 3.49. The monoisotopic (exact) mass is 250 g/mol. The zero-order chi connectivity index (χ0) is 13.5. The highest BCUT2D eigenvalue weighted by atomic mass is 16.6. The Morgan fingerprint density at radius 2 is 2.28 bits per heavy atom. The number of nitro groups is 1. The average molecular weight is 250 g/mol. The van der Waals surface area contributed by atoms with Crippen molar-refractivity contribution in [3.8, 4) is 0 Å². The lowest BCUT2D eigenvalue weighted by atomic mass is 10.1. The summed E-state index contributed by atoms with van der Waals surface area (Å²) in [6.45, 7) is 2.03. The standard InChI is InChI=1S/C12H14N2O4/c1-2-18-12(15)5-3-4-9-6-7-10(13)8-11(9)14(16)17/h3-4,6-8H,2,5,13H2,1H3. The number of nitrogen functional groups attached to an aromatic ring is 1. The Hall–Kier alpha value is -2.37. The molecule has 6 heteroatoms. The van der Waals surface area contributed by atoms with Crippen molar-refractivity contribution in [1.29, 1.82) is 0 Å². The largest absolute Gasteiger partial charge is 0.466 e. The van der Waals surface area contributed by atoms with E-state index < -0.39 is 4.92 Å². The molecule has 1 aromatic rings. The summed E-state index contributed by atoms with van der Waals surface area (Å²) in [5, 5.41) is 10.8. The lowest BCUT2D eigenvalue weighted by Crippen LogP contribution is -2.01. The molecule has 96 valence electrons. The summed E-state index contributed by atoms with van der Waals surface area (Å²) in [4.78, 5) is 21.4. The molecular formula is C12H14N2O4. The number of nitrogens with zero attached hydrogens (tertiary/aromatic N) is 1. The normalized spacial score (nSPS) is 10.5. The van der Waals surface area contributed by atoms with Crippen LogP contribution in [-0.4, -0.2) is 17.5 Å². The summed E-state index contributed by atoms with van der Waals surface area (Å²) in [6, 6.07) is 4.39. The maximum absolute atomic E-state index is 11.1. The Morgan fingerprint density at radius 3 is 2.89 bits per heavy atom. The molecule has 6 nitrogen and oxygen atoms in total. The molecule has 1 aromatic carbocycles. The summed E-state index contributed by atoms with van der Waals surface area (Å²) in [5.41, 5.74) is 6.12. The van der Waals surface area contributed by atoms with Gasteiger partial charge in [-0.25, -0.2) is 0 Å². The fourth-order valence-corrected chi connectivity index (χ4v) is 1.36. The quantitative estimate of drug-likeness (QED) is 0.374. The molecule has 0 unspecified atom stereocenters. The van der Waals surface area contributed by atoms with Crippen molar-refractivity contribution in [2.45, 2.75) is 13.3 Å². The van der Waals surface area contributed by atoms with Crippen molar-refractivity contribution in [2.75, 3.05) is 12.3 Å². The van der Waals surface area contributed by atoms with E-state index in [2.05, 4.69) is 0 Å². The number of hydrogen-bond donors (Lipinski definition) is 1. The molecule has 0 bridgehead atoms. The number of carbonyl (C=O) groups is 1. The van der Waals surface area contributed by atoms with Crippen LogP contribution in [0.1, 0.15) is 18.9 Å². The van der Waals surface area contributed by atoms with E-state index in [1.54, 1.807) is 13.0 Å². The molecule has 0 saturated carbocycles. The van der Waals surface area contributed by atoms with Gasteiger partial charge in [-0.1, -0.05) is 12.2 Å². The fourth-order valence-electron chi connectivity index (χ4n) is 1.36. The van der Waals surface area contributed by atoms with Gasteiger partial charge in [0.15, 0.2) is 0 Å². The molecule has 0 spiro atoms. The number of benzene rings is 1. The van der Waals surface area contributed by atoms with Crippen LogP contribution in [0, 0.1) is 10.1 Å². The number of esters is 1. The number of rotatable bonds is 5. The van der Waals surface area contributed by atoms with E-state index in [-0.39, 0.29) is 18.1 Å². The minimum Gasteiger partial charge on any atom is -0.466 e. The van der Waals surface area contributed by atoms with Gasteiger partial charge in [0, 0.05) is 11.8 Å². The fraction of sp³-hybridized carbons (Fsp3) is 0.250. The van der Waals surface area contributed by atoms with E-state index in [0.29, 0.717) is 17.9 Å². The molecule has 0 amide bonds. The van der Waals surface area contributed by atoms with E-state index in [4.69, 9.17) is 10.5 Å². The zero-order valence-electron chi connectivity index (χ0n) is 9.96. The highest BCUT2D eigenvalue weighted by Crippen LogP contribution is 2.22. The zero-order valence-corrected chi connectivity index (χ0v) is 9.96. The summed E-state index contributed by atoms with van der Waals surface area (Å²) < 4.78 is 4.73. The van der Waals surface area contributed by atoms with Crippen molar-refractivity contribution >= 4 is 23.4 Å². The number of nitro benzene ring substituents is 1. The molecule has 0 atom stereocenters. The average Bonchev–Trinajstić information content (AvgIpc) is 2.31. The lowest BCUT2D eigenvalue weighted by Gasteiger charge is -1.99. The number of nitrogens with two attached hydrogens (primary N) is 1. The van der Waals surface area contributed by atoms with Gasteiger partial charge in [-0.3, -0.25) is 14.9 Å². The molecule has 1 rings (SSSR count). The smallest absolute Gasteiger partial charge is 0.309 e. The van der Waals surface area contributed by atoms with Gasteiger partial charge in [-0.2, -0.15) is 0 Å². The molecule has 0 fully saturated rings. The first kappa shape index (κ1) is 13.7. The van der Waals surface area contributed by atoms with Gasteiger partial charge in [-0.05, 0) is 19.1 Å². The second kappa shape index (κ2) is 6.39. The second-order valence-corrected chi connectivity index (χ2v) is 3.49. The van der Waals surface area contributed by atoms with Crippen LogP contribution in [0.2, 0.25) is 0 Å². The molecule has 0 aliphatic heterocycles. The molecule has 18 heavy (non-hydrogen) atoms. The van der Waals surface area contributed by atoms with Crippen LogP contribution >= 0.6 is 0 Å². The minimum atomic E-state index is -0.513. The van der Waals surface area contributed by atoms with E-state index in [9.17, 15) is 14.9 Å². The van der Waals surface area contributed by atoms with Crippen molar-refractivity contribution < 1.29 is 14.5 Å². The van der Waals surface area contributed by atoms with Gasteiger partial charge in [0.25, 0.3) is 5.69 Å². The minimum absolute atomic E-state index is 0.0787. The van der Waals surface area contributed by atoms with Gasteiger partial charge >= 0.3 is 5.97 Å². The van der Waals surface area contributed by atoms with Gasteiger partial charge < -0.3 is 10.5 Å². The Morgan fingerprint density at radius 1 is 1.56 bits per heavy atom. The maximum Gasteiger partial charge on any atom is 0.309 e. The van der Waals surface area contributed by atoms with Gasteiger partial charge in [0.2, 0.25) is 0 Å². The maximum atomic E-state index is 11.1. The van der Waals surface area contributed by atoms with E-state index in [0.717, 1.165) is 0 Å². The van der Waals surface area contributed by atoms with Crippen LogP contribution in [0.15, 0.2) is 24.3 Å². The summed E-state index contributed by atoms with van der Waals surface area (Å²) >= 11 is 0. The van der Waals surface area contributed by atoms with Gasteiger partial charge in [0.05, 0.1) is 23.5 Å². The van der Waals surface area contributed by atoms with E-state index in [1.165, 1.54) is 24.3 Å². The molecular weight excluding hydrogens is 236 g/mol. The molecule has 0 heterocycles. The number of hydrogen-bond acceptors (Lipinski definition) is 5. The summed E-state index contributed by atoms with van der Waals surface area (Å²) in [7, 11) is 0. The number of ether oxygens (including phenoxy) is 1. The first-order valence-corrected chi connectivity index (χ1v) is 5.40. The van der Waals surface area contributed by atoms with Crippen molar-refractivity contribution in [3.05, 3.63) is 40.0 Å². The van der Waals surface area contributed by atoms with E-state index in [1.807, 2.05) is 0 Å². The van der Waals surface area contributed by atoms with Crippen molar-refractivity contribution in [1.82, 2.24) is 0 Å². The Balaban J connectivity index is 2.81. The first-order chi connectivity index (χ1) is 8.54. The van der Waals surface area contributed by atoms with Gasteiger partial charge in [0.1, 0.15) is 0 Å². The highest BCUT2D eigenvalue weighted by molar-refractivity contribution is 5.74. The SMILES string of the molecule is CCOC(=O)CC=Cc1ccc(N)cc1[N+](=O)[O-]. The van der Waals surface area contributed by atoms with Crippen LogP contribution in [0.5, 0.6) is 0 Å². The number of anilines is 1. The van der Waals surface area contributed by atoms with Crippen LogP contribution < -0.4 is 5.73 Å². The number of carbonyl (C=O) groups excluding carboxylic acids is 1. The predicted molar refractivity (Wildman–Crippen MR) is 67.8 cm³/mol. The highest BCUT2D eigenvalue weighted by Gasteiger charge is 2.11. The molecule has 0 radical (unpaired) electrons. The topological polar surface area (TPSA) is 95.5 Å². The Kier molecular flexibility index (Phi) is 4.86. The lowest BCUT2D eigenvalue weighted by molar-refractivity contribution is -0.385. The Labute approximate surface area is 104 Å². The third-order valence-electron chi connectivity index (χ3n) is 2.14. The van der Waals surface area contributed by atoms with E-state index >= 15 is 0 Å². The summed E-state index contributed by atoms with van der Waals surface area (Å²) in [5.74, 6) is -0.369. The Bertz CT molecular complexity index is 483. The third-order valence-corrected chi connectivity index (χ3v) is 2.14.